The van der Waals surface area contributed by atoms with E-state index in [-0.39, 0.29) is 29.2 Å². The molecule has 0 radical (unpaired) electrons. The second kappa shape index (κ2) is 10.3. The predicted octanol–water partition coefficient (Wildman–Crippen LogP) is 8.84. The van der Waals surface area contributed by atoms with Gasteiger partial charge in [-0.25, -0.2) is 0 Å². The van der Waals surface area contributed by atoms with Crippen molar-refractivity contribution in [1.29, 1.82) is 0 Å². The van der Waals surface area contributed by atoms with Crippen LogP contribution in [0, 0.1) is 52.4 Å². The highest BCUT2D eigenvalue weighted by molar-refractivity contribution is 6.09. The Labute approximate surface area is 247 Å². The van der Waals surface area contributed by atoms with Gasteiger partial charge in [0.25, 0.3) is 0 Å². The van der Waals surface area contributed by atoms with Gasteiger partial charge < -0.3 is 9.47 Å². The number of ether oxygens (including phenoxy) is 2. The van der Waals surface area contributed by atoms with Crippen LogP contribution >= 0.6 is 0 Å². The molecule has 2 aliphatic carbocycles. The van der Waals surface area contributed by atoms with Gasteiger partial charge >= 0.3 is 0 Å². The van der Waals surface area contributed by atoms with Crippen LogP contribution in [-0.4, -0.2) is 18.4 Å². The molecule has 0 fully saturated rings. The lowest BCUT2D eigenvalue weighted by molar-refractivity contribution is -0.115. The molecular formula is C37H48O4. The van der Waals surface area contributed by atoms with Gasteiger partial charge in [0.15, 0.2) is 11.6 Å². The van der Waals surface area contributed by atoms with Crippen LogP contribution in [-0.2, 0) is 22.4 Å². The van der Waals surface area contributed by atoms with Gasteiger partial charge in [0.05, 0.1) is 0 Å². The maximum Gasteiger partial charge on any atom is 0.230 e. The zero-order valence-corrected chi connectivity index (χ0v) is 27.8. The number of fused-ring (bicyclic) bond motifs is 2. The van der Waals surface area contributed by atoms with E-state index in [2.05, 4.69) is 83.1 Å². The minimum Gasteiger partial charge on any atom is -0.457 e. The van der Waals surface area contributed by atoms with Crippen molar-refractivity contribution in [3.63, 3.8) is 0 Å². The molecule has 2 aliphatic rings. The smallest absolute Gasteiger partial charge is 0.230 e. The van der Waals surface area contributed by atoms with E-state index in [4.69, 9.17) is 9.47 Å². The van der Waals surface area contributed by atoms with Gasteiger partial charge in [-0.3, -0.25) is 9.59 Å². The first-order valence-corrected chi connectivity index (χ1v) is 14.8. The van der Waals surface area contributed by atoms with Gasteiger partial charge in [0, 0.05) is 12.8 Å². The molecule has 0 heterocycles. The summed E-state index contributed by atoms with van der Waals surface area (Å²) in [6.07, 6.45) is 0.786. The highest BCUT2D eigenvalue weighted by Gasteiger charge is 2.35. The Morgan fingerprint density at radius 2 is 0.829 bits per heavy atom. The highest BCUT2D eigenvalue weighted by Crippen LogP contribution is 2.48. The molecule has 2 aromatic carbocycles. The number of ketones is 2. The minimum absolute atomic E-state index is 0.0453. The van der Waals surface area contributed by atoms with Crippen molar-refractivity contribution >= 4 is 22.7 Å². The average Bonchev–Trinajstić information content (AvgIpc) is 2.85. The molecule has 2 aromatic rings. The molecule has 0 N–H and O–H groups in total. The van der Waals surface area contributed by atoms with Gasteiger partial charge in [0.2, 0.25) is 6.79 Å². The lowest BCUT2D eigenvalue weighted by Crippen LogP contribution is -2.25. The lowest BCUT2D eigenvalue weighted by atomic mass is 9.70. The van der Waals surface area contributed by atoms with Gasteiger partial charge in [-0.1, -0.05) is 41.5 Å². The first kappa shape index (κ1) is 30.8. The molecule has 0 atom stereocenters. The number of rotatable bonds is 4. The Morgan fingerprint density at radius 3 is 1.12 bits per heavy atom. The van der Waals surface area contributed by atoms with Crippen molar-refractivity contribution in [3.05, 3.63) is 66.8 Å². The van der Waals surface area contributed by atoms with E-state index in [0.29, 0.717) is 12.8 Å². The van der Waals surface area contributed by atoms with Crippen LogP contribution in [0.15, 0.2) is 11.1 Å². The molecule has 0 aromatic heterocycles. The third-order valence-electron chi connectivity index (χ3n) is 9.41. The van der Waals surface area contributed by atoms with Crippen LogP contribution in [0.5, 0.6) is 11.5 Å². The molecule has 0 saturated carbocycles. The van der Waals surface area contributed by atoms with E-state index in [1.807, 2.05) is 13.8 Å². The Morgan fingerprint density at radius 1 is 0.512 bits per heavy atom. The van der Waals surface area contributed by atoms with Crippen molar-refractivity contribution in [2.75, 3.05) is 6.79 Å². The summed E-state index contributed by atoms with van der Waals surface area (Å²) in [5.74, 6) is 1.94. The topological polar surface area (TPSA) is 52.6 Å². The molecule has 4 heteroatoms. The number of allylic oxidation sites excluding steroid dienone is 4. The van der Waals surface area contributed by atoms with Crippen LogP contribution in [0.25, 0.3) is 11.1 Å². The van der Waals surface area contributed by atoms with Gasteiger partial charge in [-0.05, 0) is 144 Å². The summed E-state index contributed by atoms with van der Waals surface area (Å²) in [4.78, 5) is 26.1. The molecule has 0 spiro atoms. The number of carbonyl (C=O) groups is 2. The second-order valence-corrected chi connectivity index (χ2v) is 14.2. The molecular weight excluding hydrogens is 508 g/mol. The van der Waals surface area contributed by atoms with Crippen LogP contribution in [0.1, 0.15) is 111 Å². The van der Waals surface area contributed by atoms with Crippen molar-refractivity contribution in [2.24, 2.45) is 10.8 Å². The van der Waals surface area contributed by atoms with E-state index in [0.717, 1.165) is 78.3 Å². The second-order valence-electron chi connectivity index (χ2n) is 14.2. The third kappa shape index (κ3) is 4.98. The van der Waals surface area contributed by atoms with E-state index in [1.54, 1.807) is 0 Å². The summed E-state index contributed by atoms with van der Waals surface area (Å²) in [6.45, 7) is 29.6. The Bertz CT molecular complexity index is 1440. The largest absolute Gasteiger partial charge is 0.457 e. The van der Waals surface area contributed by atoms with E-state index < -0.39 is 0 Å². The normalized spacial score (nSPS) is 15.9. The maximum atomic E-state index is 13.1. The molecule has 0 bridgehead atoms. The Kier molecular flexibility index (Phi) is 7.73. The van der Waals surface area contributed by atoms with Crippen LogP contribution in [0.3, 0.4) is 0 Å². The third-order valence-corrected chi connectivity index (χ3v) is 9.41. The van der Waals surface area contributed by atoms with E-state index in [1.165, 1.54) is 11.1 Å². The maximum absolute atomic E-state index is 13.1. The van der Waals surface area contributed by atoms with Crippen molar-refractivity contribution in [3.8, 4) is 11.5 Å². The van der Waals surface area contributed by atoms with Gasteiger partial charge in [-0.15, -0.1) is 0 Å². The minimum atomic E-state index is -0.147. The fourth-order valence-corrected chi connectivity index (χ4v) is 7.19. The zero-order valence-electron chi connectivity index (χ0n) is 27.8. The summed E-state index contributed by atoms with van der Waals surface area (Å²) in [5, 5.41) is 0. The Balaban J connectivity index is 1.73. The summed E-state index contributed by atoms with van der Waals surface area (Å²) < 4.78 is 12.8. The quantitative estimate of drug-likeness (QED) is 0.353. The standard InChI is InChI=1S/C37H48O4/c1-18-20(3)34(22(5)26-15-28(38)24(7)32(30(18)26)36(9,10)11)40-17-41-35-21(4)19(2)31-27(23(35)6)16-29(39)25(8)33(31)37(12,13)14/h15-17H2,1-14H3. The average molecular weight is 557 g/mol. The summed E-state index contributed by atoms with van der Waals surface area (Å²) in [6, 6.07) is 0. The summed E-state index contributed by atoms with van der Waals surface area (Å²) in [7, 11) is 0. The summed E-state index contributed by atoms with van der Waals surface area (Å²) >= 11 is 0. The van der Waals surface area contributed by atoms with Crippen molar-refractivity contribution in [1.82, 2.24) is 0 Å². The van der Waals surface area contributed by atoms with Crippen LogP contribution in [0.2, 0.25) is 0 Å². The number of carbonyl (C=O) groups excluding carboxylic acids is 2. The fraction of sp³-hybridized carbons (Fsp3) is 0.514. The van der Waals surface area contributed by atoms with Gasteiger partial charge in [-0.2, -0.15) is 0 Å². The van der Waals surface area contributed by atoms with Gasteiger partial charge in [0.1, 0.15) is 11.5 Å². The first-order valence-electron chi connectivity index (χ1n) is 14.8. The highest BCUT2D eigenvalue weighted by atomic mass is 16.7. The Hall–Kier alpha value is -3.14. The van der Waals surface area contributed by atoms with Crippen molar-refractivity contribution in [2.45, 2.75) is 110 Å². The molecule has 4 rings (SSSR count). The lowest BCUT2D eigenvalue weighted by Gasteiger charge is -2.34. The fourth-order valence-electron chi connectivity index (χ4n) is 7.19. The molecule has 0 aliphatic heterocycles. The molecule has 41 heavy (non-hydrogen) atoms. The molecule has 220 valence electrons. The SMILES string of the molecule is CC1=C(C(C)(C)C)c2c(C)c(C)c(OCOc3c(C)c(C)c4c(c3C)CC(=O)C(C)=C4C(C)(C)C)c(C)c2CC1=O. The van der Waals surface area contributed by atoms with E-state index in [9.17, 15) is 9.59 Å². The monoisotopic (exact) mass is 556 g/mol. The predicted molar refractivity (Wildman–Crippen MR) is 169 cm³/mol. The number of Topliss-reactive ketones (excluding diaryl/α,β-unsaturated/α-hetero) is 2. The number of hydrogen-bond donors (Lipinski definition) is 0. The van der Waals surface area contributed by atoms with Crippen LogP contribution < -0.4 is 9.47 Å². The molecule has 0 saturated heterocycles. The van der Waals surface area contributed by atoms with E-state index >= 15 is 0 Å². The molecule has 0 amide bonds. The van der Waals surface area contributed by atoms with Crippen LogP contribution in [0.4, 0.5) is 0 Å². The molecule has 4 nitrogen and oxygen atoms in total. The first-order chi connectivity index (χ1) is 18.8. The summed E-state index contributed by atoms with van der Waals surface area (Å²) in [5.41, 5.74) is 14.7. The van der Waals surface area contributed by atoms with Crippen molar-refractivity contribution < 1.29 is 19.1 Å². The molecule has 0 unspecified atom stereocenters. The zero-order chi connectivity index (χ0) is 30.9. The number of benzene rings is 2. The number of hydrogen-bond acceptors (Lipinski definition) is 4.